The van der Waals surface area contributed by atoms with Crippen molar-refractivity contribution in [3.8, 4) is 5.75 Å². The van der Waals surface area contributed by atoms with Crippen LogP contribution in [0.25, 0.3) is 10.9 Å². The van der Waals surface area contributed by atoms with Crippen LogP contribution in [0.5, 0.6) is 5.75 Å². The molecule has 12 heteroatoms. The van der Waals surface area contributed by atoms with Gasteiger partial charge in [-0.15, -0.1) is 0 Å². The summed E-state index contributed by atoms with van der Waals surface area (Å²) in [5.41, 5.74) is 2.31. The fraction of sp³-hybridized carbons (Fsp3) is 0.357. The molecule has 2 heterocycles. The summed E-state index contributed by atoms with van der Waals surface area (Å²) in [6.45, 7) is 0.716. The summed E-state index contributed by atoms with van der Waals surface area (Å²) in [6.07, 6.45) is 3.45. The molecule has 212 valence electrons. The Morgan fingerprint density at radius 3 is 2.30 bits per heavy atom. The molecule has 1 aliphatic rings. The predicted molar refractivity (Wildman–Crippen MR) is 152 cm³/mol. The largest absolute Gasteiger partial charge is 0.508 e. The Morgan fingerprint density at radius 2 is 1.62 bits per heavy atom. The normalized spacial score (nSPS) is 17.1. The van der Waals surface area contributed by atoms with E-state index in [0.29, 0.717) is 18.5 Å². The standard InChI is InChI=1S/C28H33N5O6S/c34-18-9-7-16(8-10-18)12-23(28(38)39)32-27(37)24(15-40)33-26(36)22(31-25(35)21-6-3-11-29-21)13-17-14-30-20-5-2-1-4-19(17)20/h1-2,4-5,7-10,14,21-24,29-30,34,40H,3,6,11-13,15H2,(H,31,35)(H,32,37)(H,33,36)(H,38,39). The first-order chi connectivity index (χ1) is 19.2. The lowest BCUT2D eigenvalue weighted by atomic mass is 10.0. The van der Waals surface area contributed by atoms with Gasteiger partial charge in [0.25, 0.3) is 0 Å². The molecule has 3 aromatic rings. The van der Waals surface area contributed by atoms with E-state index in [4.69, 9.17) is 0 Å². The first-order valence-electron chi connectivity index (χ1n) is 13.1. The summed E-state index contributed by atoms with van der Waals surface area (Å²) in [4.78, 5) is 54.4. The van der Waals surface area contributed by atoms with Gasteiger partial charge in [-0.25, -0.2) is 4.79 Å². The molecule has 1 fully saturated rings. The molecule has 4 atom stereocenters. The van der Waals surface area contributed by atoms with E-state index in [0.717, 1.165) is 22.9 Å². The van der Waals surface area contributed by atoms with Crippen LogP contribution in [0, 0.1) is 0 Å². The van der Waals surface area contributed by atoms with Crippen LogP contribution in [0.4, 0.5) is 0 Å². The number of fused-ring (bicyclic) bond motifs is 1. The van der Waals surface area contributed by atoms with Crippen molar-refractivity contribution in [2.45, 2.75) is 49.9 Å². The molecule has 0 spiro atoms. The quantitative estimate of drug-likeness (QED) is 0.150. The number of carbonyl (C=O) groups excluding carboxylic acids is 3. The van der Waals surface area contributed by atoms with Crippen LogP contribution in [0.3, 0.4) is 0 Å². The first kappa shape index (κ1) is 29.0. The third-order valence-corrected chi connectivity index (χ3v) is 7.28. The first-order valence-corrected chi connectivity index (χ1v) is 13.7. The Balaban J connectivity index is 1.47. The molecule has 11 nitrogen and oxygen atoms in total. The summed E-state index contributed by atoms with van der Waals surface area (Å²) in [5, 5.41) is 31.1. The molecular weight excluding hydrogens is 534 g/mol. The fourth-order valence-corrected chi connectivity index (χ4v) is 4.97. The van der Waals surface area contributed by atoms with E-state index >= 15 is 0 Å². The molecule has 3 amide bonds. The van der Waals surface area contributed by atoms with Gasteiger partial charge < -0.3 is 36.5 Å². The maximum Gasteiger partial charge on any atom is 0.326 e. The lowest BCUT2D eigenvalue weighted by molar-refractivity contribution is -0.142. The highest BCUT2D eigenvalue weighted by atomic mass is 32.1. The van der Waals surface area contributed by atoms with Gasteiger partial charge in [-0.3, -0.25) is 14.4 Å². The molecule has 0 bridgehead atoms. The Hall–Kier alpha value is -4.03. The Morgan fingerprint density at radius 1 is 0.925 bits per heavy atom. The van der Waals surface area contributed by atoms with Gasteiger partial charge in [-0.05, 0) is 48.7 Å². The zero-order valence-electron chi connectivity index (χ0n) is 21.7. The number of aliphatic carboxylic acids is 1. The molecule has 7 N–H and O–H groups in total. The molecular formula is C28H33N5O6S. The number of aromatic nitrogens is 1. The molecule has 1 saturated heterocycles. The molecule has 1 aromatic heterocycles. The van der Waals surface area contributed by atoms with E-state index in [1.54, 1.807) is 18.3 Å². The second-order valence-electron chi connectivity index (χ2n) is 9.79. The molecule has 40 heavy (non-hydrogen) atoms. The van der Waals surface area contributed by atoms with Gasteiger partial charge in [0.1, 0.15) is 23.9 Å². The third-order valence-electron chi connectivity index (χ3n) is 6.92. The van der Waals surface area contributed by atoms with Crippen LogP contribution in [0.15, 0.2) is 54.7 Å². The van der Waals surface area contributed by atoms with Gasteiger partial charge in [0.15, 0.2) is 0 Å². The topological polar surface area (TPSA) is 173 Å². The van der Waals surface area contributed by atoms with Gasteiger partial charge >= 0.3 is 5.97 Å². The summed E-state index contributed by atoms with van der Waals surface area (Å²) < 4.78 is 0. The maximum absolute atomic E-state index is 13.5. The van der Waals surface area contributed by atoms with Crippen molar-refractivity contribution < 1.29 is 29.4 Å². The molecule has 4 unspecified atom stereocenters. The van der Waals surface area contributed by atoms with Crippen molar-refractivity contribution in [3.63, 3.8) is 0 Å². The smallest absolute Gasteiger partial charge is 0.326 e. The highest BCUT2D eigenvalue weighted by Gasteiger charge is 2.31. The number of carbonyl (C=O) groups is 4. The number of carboxylic acids is 1. The second kappa shape index (κ2) is 13.4. The lowest BCUT2D eigenvalue weighted by Gasteiger charge is -2.24. The number of nitrogens with one attached hydrogen (secondary N) is 5. The van der Waals surface area contributed by atoms with Crippen LogP contribution in [0.2, 0.25) is 0 Å². The number of thiol groups is 1. The molecule has 0 saturated carbocycles. The predicted octanol–water partition coefficient (Wildman–Crippen LogP) is 0.880. The summed E-state index contributed by atoms with van der Waals surface area (Å²) in [7, 11) is 0. The SMILES string of the molecule is O=C(O)C(Cc1ccc(O)cc1)NC(=O)C(CS)NC(=O)C(Cc1c[nH]c2ccccc12)NC(=O)C1CCCN1. The van der Waals surface area contributed by atoms with Crippen LogP contribution in [-0.4, -0.2) is 75.4 Å². The number of hydrogen-bond acceptors (Lipinski definition) is 7. The number of aromatic amines is 1. The minimum atomic E-state index is -1.27. The van der Waals surface area contributed by atoms with E-state index in [9.17, 15) is 29.4 Å². The monoisotopic (exact) mass is 567 g/mol. The number of carboxylic acid groups (broad SMARTS) is 1. The highest BCUT2D eigenvalue weighted by molar-refractivity contribution is 7.80. The Labute approximate surface area is 236 Å². The number of hydrogen-bond donors (Lipinski definition) is 8. The van der Waals surface area contributed by atoms with Crippen molar-refractivity contribution in [2.24, 2.45) is 0 Å². The minimum absolute atomic E-state index is 0.0256. The van der Waals surface area contributed by atoms with Gasteiger partial charge in [0.05, 0.1) is 6.04 Å². The minimum Gasteiger partial charge on any atom is -0.508 e. The molecule has 4 rings (SSSR count). The van der Waals surface area contributed by atoms with Crippen LogP contribution in [0.1, 0.15) is 24.0 Å². The second-order valence-corrected chi connectivity index (χ2v) is 10.2. The van der Waals surface area contributed by atoms with E-state index < -0.39 is 42.0 Å². The van der Waals surface area contributed by atoms with Crippen molar-refractivity contribution in [3.05, 3.63) is 65.9 Å². The highest BCUT2D eigenvalue weighted by Crippen LogP contribution is 2.20. The average Bonchev–Trinajstić information content (AvgIpc) is 3.63. The van der Waals surface area contributed by atoms with E-state index in [1.165, 1.54) is 12.1 Å². The lowest BCUT2D eigenvalue weighted by Crippen LogP contribution is -2.58. The Bertz CT molecular complexity index is 1350. The van der Waals surface area contributed by atoms with Gasteiger partial charge in [0, 0.05) is 35.7 Å². The summed E-state index contributed by atoms with van der Waals surface area (Å²) in [5.74, 6) is -2.92. The van der Waals surface area contributed by atoms with E-state index in [1.807, 2.05) is 24.3 Å². The number of H-pyrrole nitrogens is 1. The van der Waals surface area contributed by atoms with Gasteiger partial charge in [-0.1, -0.05) is 30.3 Å². The number of aromatic hydroxyl groups is 1. The van der Waals surface area contributed by atoms with Crippen molar-refractivity contribution >= 4 is 47.2 Å². The number of amides is 3. The zero-order chi connectivity index (χ0) is 28.6. The van der Waals surface area contributed by atoms with Crippen LogP contribution in [-0.2, 0) is 32.0 Å². The van der Waals surface area contributed by atoms with Crippen LogP contribution >= 0.6 is 12.6 Å². The molecule has 0 aliphatic carbocycles. The van der Waals surface area contributed by atoms with Gasteiger partial charge in [-0.2, -0.15) is 12.6 Å². The zero-order valence-corrected chi connectivity index (χ0v) is 22.6. The van der Waals surface area contributed by atoms with Crippen molar-refractivity contribution in [1.29, 1.82) is 0 Å². The molecule has 1 aliphatic heterocycles. The van der Waals surface area contributed by atoms with Crippen molar-refractivity contribution in [1.82, 2.24) is 26.3 Å². The fourth-order valence-electron chi connectivity index (χ4n) is 4.72. The molecule has 0 radical (unpaired) electrons. The molecule has 2 aromatic carbocycles. The van der Waals surface area contributed by atoms with E-state index in [2.05, 4.69) is 38.9 Å². The number of benzene rings is 2. The summed E-state index contributed by atoms with van der Waals surface area (Å²) >= 11 is 4.21. The van der Waals surface area contributed by atoms with E-state index in [-0.39, 0.29) is 30.3 Å². The van der Waals surface area contributed by atoms with Crippen LogP contribution < -0.4 is 21.3 Å². The Kier molecular flexibility index (Phi) is 9.67. The number of para-hydroxylation sites is 1. The van der Waals surface area contributed by atoms with Crippen molar-refractivity contribution in [2.75, 3.05) is 12.3 Å². The summed E-state index contributed by atoms with van der Waals surface area (Å²) in [6, 6.07) is 9.76. The number of phenolic OH excluding ortho intramolecular Hbond substituents is 1. The average molecular weight is 568 g/mol. The number of rotatable bonds is 12. The third kappa shape index (κ3) is 7.33. The van der Waals surface area contributed by atoms with Gasteiger partial charge in [0.2, 0.25) is 17.7 Å². The number of phenols is 1. The maximum atomic E-state index is 13.5.